The lowest BCUT2D eigenvalue weighted by Gasteiger charge is -2.26. The van der Waals surface area contributed by atoms with Crippen LogP contribution in [0, 0.1) is 0 Å². The highest BCUT2D eigenvalue weighted by Gasteiger charge is 2.28. The van der Waals surface area contributed by atoms with E-state index in [1.54, 1.807) is 30.3 Å². The molecule has 0 aromatic heterocycles. The summed E-state index contributed by atoms with van der Waals surface area (Å²) in [7, 11) is -3.96. The van der Waals surface area contributed by atoms with E-state index < -0.39 is 15.9 Å². The monoisotopic (exact) mass is 494 g/mol. The molecule has 0 fully saturated rings. The van der Waals surface area contributed by atoms with E-state index >= 15 is 0 Å². The molecule has 7 nitrogen and oxygen atoms in total. The van der Waals surface area contributed by atoms with Crippen molar-refractivity contribution >= 4 is 21.6 Å². The fourth-order valence-corrected chi connectivity index (χ4v) is 5.33. The number of hydrogen-bond donors (Lipinski definition) is 1. The maximum atomic E-state index is 13.5. The van der Waals surface area contributed by atoms with Crippen molar-refractivity contribution in [3.8, 4) is 11.5 Å². The number of sulfonamides is 1. The minimum atomic E-state index is -3.96. The number of anilines is 1. The Labute approximate surface area is 206 Å². The Morgan fingerprint density at radius 3 is 2.17 bits per heavy atom. The third-order valence-corrected chi connectivity index (χ3v) is 7.70. The number of rotatable bonds is 8. The number of benzene rings is 3. The van der Waals surface area contributed by atoms with Crippen LogP contribution in [0.25, 0.3) is 0 Å². The first kappa shape index (κ1) is 24.6. The lowest BCUT2D eigenvalue weighted by Crippen LogP contribution is -2.41. The zero-order chi connectivity index (χ0) is 25.0. The van der Waals surface area contributed by atoms with E-state index in [1.165, 1.54) is 12.1 Å². The van der Waals surface area contributed by atoms with Crippen LogP contribution >= 0.6 is 0 Å². The van der Waals surface area contributed by atoms with Crippen molar-refractivity contribution < 1.29 is 22.7 Å². The maximum absolute atomic E-state index is 13.5. The second-order valence-electron chi connectivity index (χ2n) is 8.76. The molecule has 1 atom stereocenters. The number of nitrogens with zero attached hydrogens (tertiary/aromatic N) is 1. The van der Waals surface area contributed by atoms with Gasteiger partial charge >= 0.3 is 0 Å². The van der Waals surface area contributed by atoms with Crippen LogP contribution in [0.1, 0.15) is 43.9 Å². The first-order valence-electron chi connectivity index (χ1n) is 11.6. The SMILES string of the molecule is CC(C)c1ccc(N(CC(=O)N[C@@H](C)c2ccc3c(c2)OCCO3)S(=O)(=O)c2ccccc2)cc1. The lowest BCUT2D eigenvalue weighted by molar-refractivity contribution is -0.120. The Kier molecular flexibility index (Phi) is 7.31. The van der Waals surface area contributed by atoms with Gasteiger partial charge in [-0.25, -0.2) is 8.42 Å². The first-order chi connectivity index (χ1) is 16.8. The summed E-state index contributed by atoms with van der Waals surface area (Å²) in [5.41, 5.74) is 2.35. The molecular formula is C27H30N2O5S. The van der Waals surface area contributed by atoms with E-state index in [-0.39, 0.29) is 17.5 Å². The van der Waals surface area contributed by atoms with Gasteiger partial charge in [0.25, 0.3) is 10.0 Å². The molecule has 0 spiro atoms. The number of amides is 1. The topological polar surface area (TPSA) is 84.9 Å². The molecule has 0 bridgehead atoms. The molecule has 4 rings (SSSR count). The summed E-state index contributed by atoms with van der Waals surface area (Å²) < 4.78 is 39.4. The molecule has 1 amide bonds. The second-order valence-corrected chi connectivity index (χ2v) is 10.6. The molecular weight excluding hydrogens is 464 g/mol. The van der Waals surface area contributed by atoms with Crippen molar-refractivity contribution in [3.63, 3.8) is 0 Å². The standard InChI is InChI=1S/C27H30N2O5S/c1-19(2)21-9-12-23(13-10-21)29(35(31,32)24-7-5-4-6-8-24)18-27(30)28-20(3)22-11-14-25-26(17-22)34-16-15-33-25/h4-14,17,19-20H,15-16,18H2,1-3H3,(H,28,30)/t20-/m0/s1. The highest BCUT2D eigenvalue weighted by atomic mass is 32.2. The smallest absolute Gasteiger partial charge is 0.264 e. The molecule has 0 saturated carbocycles. The van der Waals surface area contributed by atoms with Crippen LogP contribution in [0.2, 0.25) is 0 Å². The predicted molar refractivity (Wildman–Crippen MR) is 135 cm³/mol. The average Bonchev–Trinajstić information content (AvgIpc) is 2.87. The highest BCUT2D eigenvalue weighted by molar-refractivity contribution is 7.92. The zero-order valence-corrected chi connectivity index (χ0v) is 20.9. The van der Waals surface area contributed by atoms with Crippen molar-refractivity contribution in [1.29, 1.82) is 0 Å². The number of hydrogen-bond acceptors (Lipinski definition) is 5. The summed E-state index contributed by atoms with van der Waals surface area (Å²) in [6.07, 6.45) is 0. The second kappa shape index (κ2) is 10.4. The van der Waals surface area contributed by atoms with Crippen molar-refractivity contribution in [2.45, 2.75) is 37.6 Å². The van der Waals surface area contributed by atoms with Crippen LogP contribution in [-0.2, 0) is 14.8 Å². The predicted octanol–water partition coefficient (Wildman–Crippen LogP) is 4.65. The molecule has 0 aliphatic carbocycles. The fraction of sp³-hybridized carbons (Fsp3) is 0.296. The van der Waals surface area contributed by atoms with Gasteiger partial charge in [0.2, 0.25) is 5.91 Å². The Morgan fingerprint density at radius 2 is 1.51 bits per heavy atom. The van der Waals surface area contributed by atoms with E-state index in [0.717, 1.165) is 15.4 Å². The maximum Gasteiger partial charge on any atom is 0.264 e. The summed E-state index contributed by atoms with van der Waals surface area (Å²) in [6.45, 7) is 6.60. The van der Waals surface area contributed by atoms with Gasteiger partial charge in [0.05, 0.1) is 16.6 Å². The Balaban J connectivity index is 1.57. The van der Waals surface area contributed by atoms with Crippen molar-refractivity contribution in [3.05, 3.63) is 83.9 Å². The van der Waals surface area contributed by atoms with Crippen molar-refractivity contribution in [2.24, 2.45) is 0 Å². The van der Waals surface area contributed by atoms with E-state index in [2.05, 4.69) is 19.2 Å². The number of ether oxygens (including phenoxy) is 2. The number of fused-ring (bicyclic) bond motifs is 1. The minimum absolute atomic E-state index is 0.126. The normalized spacial score (nSPS) is 13.8. The van der Waals surface area contributed by atoms with Gasteiger partial charge in [-0.2, -0.15) is 0 Å². The molecule has 0 unspecified atom stereocenters. The molecule has 1 aliphatic heterocycles. The third-order valence-electron chi connectivity index (χ3n) is 5.91. The molecule has 3 aromatic carbocycles. The van der Waals surface area contributed by atoms with E-state index in [9.17, 15) is 13.2 Å². The van der Waals surface area contributed by atoms with E-state index in [1.807, 2.05) is 37.3 Å². The van der Waals surface area contributed by atoms with Gasteiger partial charge in [0.1, 0.15) is 19.8 Å². The molecule has 3 aromatic rings. The Bertz CT molecular complexity index is 1270. The van der Waals surface area contributed by atoms with Crippen LogP contribution in [0.5, 0.6) is 11.5 Å². The minimum Gasteiger partial charge on any atom is -0.486 e. The van der Waals surface area contributed by atoms with Crippen molar-refractivity contribution in [1.82, 2.24) is 5.32 Å². The Morgan fingerprint density at radius 1 is 0.886 bits per heavy atom. The molecule has 35 heavy (non-hydrogen) atoms. The molecule has 0 saturated heterocycles. The zero-order valence-electron chi connectivity index (χ0n) is 20.1. The van der Waals surface area contributed by atoms with Crippen LogP contribution in [0.15, 0.2) is 77.7 Å². The van der Waals surface area contributed by atoms with Crippen molar-refractivity contribution in [2.75, 3.05) is 24.1 Å². The fourth-order valence-electron chi connectivity index (χ4n) is 3.89. The van der Waals surface area contributed by atoms with Gasteiger partial charge in [0, 0.05) is 0 Å². The largest absolute Gasteiger partial charge is 0.486 e. The summed E-state index contributed by atoms with van der Waals surface area (Å²) in [4.78, 5) is 13.2. The summed E-state index contributed by atoms with van der Waals surface area (Å²) in [5.74, 6) is 1.19. The average molecular weight is 495 g/mol. The van der Waals surface area contributed by atoms with Gasteiger partial charge in [-0.3, -0.25) is 9.10 Å². The van der Waals surface area contributed by atoms with Crippen LogP contribution in [0.3, 0.4) is 0 Å². The van der Waals surface area contributed by atoms with Gasteiger partial charge in [-0.1, -0.05) is 50.2 Å². The molecule has 8 heteroatoms. The lowest BCUT2D eigenvalue weighted by atomic mass is 10.0. The van der Waals surface area contributed by atoms with Crippen LogP contribution in [-0.4, -0.2) is 34.1 Å². The summed E-state index contributed by atoms with van der Waals surface area (Å²) in [6, 6.07) is 20.6. The van der Waals surface area contributed by atoms with Gasteiger partial charge in [-0.15, -0.1) is 0 Å². The van der Waals surface area contributed by atoms with Crippen LogP contribution in [0.4, 0.5) is 5.69 Å². The highest BCUT2D eigenvalue weighted by Crippen LogP contribution is 2.32. The van der Waals surface area contributed by atoms with E-state index in [0.29, 0.717) is 36.3 Å². The molecule has 1 heterocycles. The number of nitrogens with one attached hydrogen (secondary N) is 1. The number of carbonyl (C=O) groups is 1. The molecule has 0 radical (unpaired) electrons. The van der Waals surface area contributed by atoms with Gasteiger partial charge in [-0.05, 0) is 60.4 Å². The Hall–Kier alpha value is -3.52. The summed E-state index contributed by atoms with van der Waals surface area (Å²) >= 11 is 0. The molecule has 1 N–H and O–H groups in total. The van der Waals surface area contributed by atoms with Gasteiger partial charge in [0.15, 0.2) is 11.5 Å². The first-order valence-corrected chi connectivity index (χ1v) is 13.1. The van der Waals surface area contributed by atoms with E-state index in [4.69, 9.17) is 9.47 Å². The quantitative estimate of drug-likeness (QED) is 0.493. The number of carbonyl (C=O) groups excluding carboxylic acids is 1. The third kappa shape index (κ3) is 5.59. The molecule has 184 valence electrons. The molecule has 1 aliphatic rings. The van der Waals surface area contributed by atoms with Gasteiger partial charge < -0.3 is 14.8 Å². The van der Waals surface area contributed by atoms with Crippen LogP contribution < -0.4 is 19.1 Å². The summed E-state index contributed by atoms with van der Waals surface area (Å²) in [5, 5.41) is 2.91.